The Labute approximate surface area is 185 Å². The highest BCUT2D eigenvalue weighted by molar-refractivity contribution is 5.80. The van der Waals surface area contributed by atoms with Crippen molar-refractivity contribution < 1.29 is 28.2 Å². The number of hydrogen-bond acceptors (Lipinski definition) is 7. The highest BCUT2D eigenvalue weighted by Gasteiger charge is 2.18. The van der Waals surface area contributed by atoms with Gasteiger partial charge in [0.05, 0.1) is 18.6 Å². The molecule has 0 radical (unpaired) electrons. The van der Waals surface area contributed by atoms with Crippen LogP contribution in [0.25, 0.3) is 11.0 Å². The predicted octanol–water partition coefficient (Wildman–Crippen LogP) is 3.58. The summed E-state index contributed by atoms with van der Waals surface area (Å²) >= 11 is 0. The molecular weight excluding hydrogens is 414 g/mol. The average molecular weight is 439 g/mol. The van der Waals surface area contributed by atoms with Crippen molar-refractivity contribution in [3.05, 3.63) is 58.4 Å². The molecule has 2 heterocycles. The Hall–Kier alpha value is -3.52. The number of ether oxygens (including phenoxy) is 4. The number of methoxy groups -OCH3 is 1. The SMILES string of the molecule is COc1ccccc1Oc1c(C)oc2cc(OCC(=O)NCC3CCCO3)ccc2c1=O. The highest BCUT2D eigenvalue weighted by Crippen LogP contribution is 2.32. The molecule has 0 saturated carbocycles. The molecule has 168 valence electrons. The smallest absolute Gasteiger partial charge is 0.258 e. The van der Waals surface area contributed by atoms with Crippen LogP contribution < -0.4 is 25.0 Å². The van der Waals surface area contributed by atoms with E-state index < -0.39 is 0 Å². The number of hydrogen-bond donors (Lipinski definition) is 1. The van der Waals surface area contributed by atoms with Gasteiger partial charge < -0.3 is 28.7 Å². The lowest BCUT2D eigenvalue weighted by Crippen LogP contribution is -2.35. The number of aryl methyl sites for hydroxylation is 1. The largest absolute Gasteiger partial charge is 0.493 e. The number of amides is 1. The molecule has 0 spiro atoms. The molecule has 0 aliphatic carbocycles. The zero-order valence-electron chi connectivity index (χ0n) is 18.0. The molecule has 32 heavy (non-hydrogen) atoms. The van der Waals surface area contributed by atoms with E-state index in [1.54, 1.807) is 43.3 Å². The van der Waals surface area contributed by atoms with Crippen LogP contribution in [0, 0.1) is 6.92 Å². The fourth-order valence-corrected chi connectivity index (χ4v) is 3.52. The molecule has 8 nitrogen and oxygen atoms in total. The molecule has 8 heteroatoms. The number of fused-ring (bicyclic) bond motifs is 1. The number of carbonyl (C=O) groups excluding carboxylic acids is 1. The molecule has 1 saturated heterocycles. The summed E-state index contributed by atoms with van der Waals surface area (Å²) in [4.78, 5) is 25.0. The van der Waals surface area contributed by atoms with Crippen LogP contribution in [-0.4, -0.2) is 38.9 Å². The molecule has 1 aromatic heterocycles. The zero-order valence-corrected chi connectivity index (χ0v) is 18.0. The maximum atomic E-state index is 13.0. The van der Waals surface area contributed by atoms with Crippen molar-refractivity contribution in [2.75, 3.05) is 26.9 Å². The van der Waals surface area contributed by atoms with Gasteiger partial charge in [-0.15, -0.1) is 0 Å². The average Bonchev–Trinajstić information content (AvgIpc) is 3.33. The van der Waals surface area contributed by atoms with Gasteiger partial charge in [0, 0.05) is 19.2 Å². The van der Waals surface area contributed by atoms with E-state index in [1.165, 1.54) is 7.11 Å². The molecule has 3 aromatic rings. The minimum absolute atomic E-state index is 0.0733. The fourth-order valence-electron chi connectivity index (χ4n) is 3.52. The summed E-state index contributed by atoms with van der Waals surface area (Å²) in [6.07, 6.45) is 2.04. The Morgan fingerprint density at radius 2 is 2.00 bits per heavy atom. The van der Waals surface area contributed by atoms with Gasteiger partial charge in [-0.1, -0.05) is 12.1 Å². The molecule has 0 bridgehead atoms. The Morgan fingerprint density at radius 1 is 1.19 bits per heavy atom. The van der Waals surface area contributed by atoms with Crippen molar-refractivity contribution in [1.82, 2.24) is 5.32 Å². The lowest BCUT2D eigenvalue weighted by atomic mass is 10.2. The molecule has 2 aromatic carbocycles. The van der Waals surface area contributed by atoms with Gasteiger partial charge in [0.2, 0.25) is 11.2 Å². The van der Waals surface area contributed by atoms with E-state index in [1.807, 2.05) is 6.07 Å². The number of para-hydroxylation sites is 2. The van der Waals surface area contributed by atoms with Crippen LogP contribution in [0.2, 0.25) is 0 Å². The van der Waals surface area contributed by atoms with Crippen molar-refractivity contribution in [2.45, 2.75) is 25.9 Å². The van der Waals surface area contributed by atoms with Crippen LogP contribution in [0.15, 0.2) is 51.7 Å². The summed E-state index contributed by atoms with van der Waals surface area (Å²) in [6.45, 7) is 2.72. The molecular formula is C24H25NO7. The number of nitrogens with one attached hydrogen (secondary N) is 1. The standard InChI is InChI=1S/C24H25NO7/c1-15-24(32-20-8-4-3-7-19(20)28-2)23(27)18-10-9-16(12-21(18)31-15)30-14-22(26)25-13-17-6-5-11-29-17/h3-4,7-10,12,17H,5-6,11,13-14H2,1-2H3,(H,25,26). The van der Waals surface area contributed by atoms with E-state index in [0.717, 1.165) is 19.4 Å². The van der Waals surface area contributed by atoms with Gasteiger partial charge in [-0.3, -0.25) is 9.59 Å². The molecule has 1 aliphatic rings. The summed E-state index contributed by atoms with van der Waals surface area (Å²) in [6, 6.07) is 11.9. The van der Waals surface area contributed by atoms with Gasteiger partial charge in [-0.2, -0.15) is 0 Å². The first-order chi connectivity index (χ1) is 15.5. The summed E-state index contributed by atoms with van der Waals surface area (Å²) in [5.41, 5.74) is 0.0349. The van der Waals surface area contributed by atoms with Crippen molar-refractivity contribution >= 4 is 16.9 Å². The third-order valence-corrected chi connectivity index (χ3v) is 5.19. The first kappa shape index (κ1) is 21.7. The lowest BCUT2D eigenvalue weighted by Gasteiger charge is -2.13. The predicted molar refractivity (Wildman–Crippen MR) is 118 cm³/mol. The molecule has 1 aliphatic heterocycles. The van der Waals surface area contributed by atoms with E-state index >= 15 is 0 Å². The van der Waals surface area contributed by atoms with E-state index in [2.05, 4.69) is 5.32 Å². The van der Waals surface area contributed by atoms with E-state index in [4.69, 9.17) is 23.4 Å². The van der Waals surface area contributed by atoms with E-state index in [-0.39, 0.29) is 29.8 Å². The minimum atomic E-state index is -0.310. The van der Waals surface area contributed by atoms with Crippen LogP contribution in [0.3, 0.4) is 0 Å². The zero-order chi connectivity index (χ0) is 22.5. The Morgan fingerprint density at radius 3 is 2.75 bits per heavy atom. The molecule has 1 N–H and O–H groups in total. The second-order valence-electron chi connectivity index (χ2n) is 7.46. The van der Waals surface area contributed by atoms with Gasteiger partial charge in [-0.25, -0.2) is 0 Å². The van der Waals surface area contributed by atoms with E-state index in [9.17, 15) is 9.59 Å². The van der Waals surface area contributed by atoms with Crippen LogP contribution in [-0.2, 0) is 9.53 Å². The third kappa shape index (κ3) is 4.86. The normalized spacial score (nSPS) is 15.5. The number of benzene rings is 2. The van der Waals surface area contributed by atoms with Gasteiger partial charge in [0.25, 0.3) is 5.91 Å². The number of carbonyl (C=O) groups is 1. The fraction of sp³-hybridized carbons (Fsp3) is 0.333. The summed E-state index contributed by atoms with van der Waals surface area (Å²) in [5, 5.41) is 3.14. The van der Waals surface area contributed by atoms with Gasteiger partial charge in [0.1, 0.15) is 17.1 Å². The van der Waals surface area contributed by atoms with Crippen LogP contribution in [0.4, 0.5) is 0 Å². The molecule has 1 atom stereocenters. The van der Waals surface area contributed by atoms with Crippen LogP contribution >= 0.6 is 0 Å². The van der Waals surface area contributed by atoms with Crippen molar-refractivity contribution in [1.29, 1.82) is 0 Å². The maximum absolute atomic E-state index is 13.0. The minimum Gasteiger partial charge on any atom is -0.493 e. The summed E-state index contributed by atoms with van der Waals surface area (Å²) in [5.74, 6) is 1.51. The summed E-state index contributed by atoms with van der Waals surface area (Å²) < 4.78 is 28.0. The monoisotopic (exact) mass is 439 g/mol. The molecule has 4 rings (SSSR count). The summed E-state index contributed by atoms with van der Waals surface area (Å²) in [7, 11) is 1.53. The van der Waals surface area contributed by atoms with E-state index in [0.29, 0.717) is 40.5 Å². The molecule has 1 unspecified atom stereocenters. The van der Waals surface area contributed by atoms with Crippen molar-refractivity contribution in [2.24, 2.45) is 0 Å². The van der Waals surface area contributed by atoms with Crippen molar-refractivity contribution in [3.63, 3.8) is 0 Å². The first-order valence-corrected chi connectivity index (χ1v) is 10.4. The third-order valence-electron chi connectivity index (χ3n) is 5.19. The topological polar surface area (TPSA) is 96.2 Å². The Balaban J connectivity index is 1.47. The van der Waals surface area contributed by atoms with Crippen LogP contribution in [0.1, 0.15) is 18.6 Å². The van der Waals surface area contributed by atoms with Crippen molar-refractivity contribution in [3.8, 4) is 23.0 Å². The second-order valence-corrected chi connectivity index (χ2v) is 7.46. The quantitative estimate of drug-likeness (QED) is 0.573. The molecule has 1 amide bonds. The van der Waals surface area contributed by atoms with Gasteiger partial charge in [-0.05, 0) is 44.0 Å². The highest BCUT2D eigenvalue weighted by atomic mass is 16.5. The lowest BCUT2D eigenvalue weighted by molar-refractivity contribution is -0.123. The van der Waals surface area contributed by atoms with Gasteiger partial charge >= 0.3 is 0 Å². The first-order valence-electron chi connectivity index (χ1n) is 10.4. The van der Waals surface area contributed by atoms with Gasteiger partial charge in [0.15, 0.2) is 18.1 Å². The Bertz CT molecular complexity index is 1160. The maximum Gasteiger partial charge on any atom is 0.258 e. The van der Waals surface area contributed by atoms with Crippen LogP contribution in [0.5, 0.6) is 23.0 Å². The molecule has 1 fully saturated rings. The Kier molecular flexibility index (Phi) is 6.61. The second kappa shape index (κ2) is 9.74. The number of rotatable bonds is 8.